The second-order valence-corrected chi connectivity index (χ2v) is 5.62. The van der Waals surface area contributed by atoms with Crippen LogP contribution in [0.5, 0.6) is 0 Å². The van der Waals surface area contributed by atoms with Gasteiger partial charge in [-0.25, -0.2) is 4.98 Å². The van der Waals surface area contributed by atoms with E-state index < -0.39 is 0 Å². The van der Waals surface area contributed by atoms with Gasteiger partial charge in [-0.3, -0.25) is 9.59 Å². The second-order valence-electron chi connectivity index (χ2n) is 5.62. The highest BCUT2D eigenvalue weighted by Crippen LogP contribution is 2.06. The number of aromatic amines is 1. The van der Waals surface area contributed by atoms with Crippen LogP contribution in [-0.4, -0.2) is 22.5 Å². The Balaban J connectivity index is 1.90. The summed E-state index contributed by atoms with van der Waals surface area (Å²) in [7, 11) is 0. The molecule has 6 nitrogen and oxygen atoms in total. The van der Waals surface area contributed by atoms with Gasteiger partial charge in [-0.05, 0) is 31.9 Å². The molecule has 2 rings (SSSR count). The SMILES string of the molecule is CCOCc1ccc(CNC(=O)Cc2c(C)nc(C)[nH]c2=O)cc1. The summed E-state index contributed by atoms with van der Waals surface area (Å²) >= 11 is 0. The zero-order valence-corrected chi connectivity index (χ0v) is 14.3. The van der Waals surface area contributed by atoms with Gasteiger partial charge in [0.15, 0.2) is 0 Å². The first-order valence-corrected chi connectivity index (χ1v) is 7.98. The summed E-state index contributed by atoms with van der Waals surface area (Å²) in [6, 6.07) is 7.88. The summed E-state index contributed by atoms with van der Waals surface area (Å²) in [5, 5.41) is 2.83. The van der Waals surface area contributed by atoms with Gasteiger partial charge < -0.3 is 15.0 Å². The Kier molecular flexibility index (Phi) is 6.26. The molecule has 1 amide bonds. The first kappa shape index (κ1) is 17.9. The summed E-state index contributed by atoms with van der Waals surface area (Å²) in [4.78, 5) is 30.8. The fraction of sp³-hybridized carbons (Fsp3) is 0.389. The predicted octanol–water partition coefficient (Wildman–Crippen LogP) is 1.78. The van der Waals surface area contributed by atoms with Crippen LogP contribution in [-0.2, 0) is 29.1 Å². The van der Waals surface area contributed by atoms with Crippen LogP contribution in [0.3, 0.4) is 0 Å². The lowest BCUT2D eigenvalue weighted by Gasteiger charge is -2.08. The summed E-state index contributed by atoms with van der Waals surface area (Å²) in [5.74, 6) is 0.349. The molecule has 0 fully saturated rings. The van der Waals surface area contributed by atoms with Crippen molar-refractivity contribution < 1.29 is 9.53 Å². The number of aryl methyl sites for hydroxylation is 2. The molecule has 0 aliphatic heterocycles. The van der Waals surface area contributed by atoms with Crippen molar-refractivity contribution in [1.82, 2.24) is 15.3 Å². The molecule has 24 heavy (non-hydrogen) atoms. The van der Waals surface area contributed by atoms with Gasteiger partial charge in [0.25, 0.3) is 5.56 Å². The first-order chi connectivity index (χ1) is 11.5. The van der Waals surface area contributed by atoms with Gasteiger partial charge in [0.1, 0.15) is 5.82 Å². The van der Waals surface area contributed by atoms with Gasteiger partial charge in [-0.15, -0.1) is 0 Å². The Bertz CT molecular complexity index is 751. The summed E-state index contributed by atoms with van der Waals surface area (Å²) < 4.78 is 5.35. The average Bonchev–Trinajstić information content (AvgIpc) is 2.55. The van der Waals surface area contributed by atoms with E-state index in [0.29, 0.717) is 36.8 Å². The third kappa shape index (κ3) is 5.03. The Labute approximate surface area is 141 Å². The lowest BCUT2D eigenvalue weighted by molar-refractivity contribution is -0.120. The minimum Gasteiger partial charge on any atom is -0.377 e. The van der Waals surface area contributed by atoms with Crippen LogP contribution in [0.1, 0.15) is 35.1 Å². The van der Waals surface area contributed by atoms with Crippen LogP contribution in [0.4, 0.5) is 0 Å². The Morgan fingerprint density at radius 3 is 2.50 bits per heavy atom. The fourth-order valence-corrected chi connectivity index (χ4v) is 2.36. The quantitative estimate of drug-likeness (QED) is 0.811. The molecule has 1 heterocycles. The predicted molar refractivity (Wildman–Crippen MR) is 91.7 cm³/mol. The van der Waals surface area contributed by atoms with Crippen LogP contribution in [0.15, 0.2) is 29.1 Å². The molecule has 128 valence electrons. The minimum atomic E-state index is -0.254. The summed E-state index contributed by atoms with van der Waals surface area (Å²) in [6.07, 6.45) is 0.0247. The molecule has 6 heteroatoms. The third-order valence-electron chi connectivity index (χ3n) is 3.66. The van der Waals surface area contributed by atoms with E-state index in [2.05, 4.69) is 15.3 Å². The van der Waals surface area contributed by atoms with E-state index in [1.165, 1.54) is 0 Å². The molecule has 0 spiro atoms. The topological polar surface area (TPSA) is 84.1 Å². The number of hydrogen-bond acceptors (Lipinski definition) is 4. The normalized spacial score (nSPS) is 10.6. The van der Waals surface area contributed by atoms with Gasteiger partial charge in [0.2, 0.25) is 5.91 Å². The summed E-state index contributed by atoms with van der Waals surface area (Å²) in [6.45, 7) is 7.11. The van der Waals surface area contributed by atoms with Gasteiger partial charge in [-0.1, -0.05) is 24.3 Å². The van der Waals surface area contributed by atoms with Crippen LogP contribution in [0.2, 0.25) is 0 Å². The lowest BCUT2D eigenvalue weighted by atomic mass is 10.1. The Morgan fingerprint density at radius 2 is 1.88 bits per heavy atom. The molecule has 0 aliphatic rings. The molecule has 1 aromatic carbocycles. The molecule has 0 saturated carbocycles. The number of ether oxygens (including phenoxy) is 1. The standard InChI is InChI=1S/C18H23N3O3/c1-4-24-11-15-7-5-14(6-8-15)10-19-17(22)9-16-12(2)20-13(3)21-18(16)23/h5-8H,4,9-11H2,1-3H3,(H,19,22)(H,20,21,23). The largest absolute Gasteiger partial charge is 0.377 e. The van der Waals surface area contributed by atoms with Crippen LogP contribution in [0, 0.1) is 13.8 Å². The number of hydrogen-bond donors (Lipinski definition) is 2. The van der Waals surface area contributed by atoms with Crippen molar-refractivity contribution >= 4 is 5.91 Å². The number of nitrogens with one attached hydrogen (secondary N) is 2. The second kappa shape index (κ2) is 8.40. The molecule has 2 N–H and O–H groups in total. The van der Waals surface area contributed by atoms with E-state index in [0.717, 1.165) is 11.1 Å². The van der Waals surface area contributed by atoms with Crippen LogP contribution in [0.25, 0.3) is 0 Å². The lowest BCUT2D eigenvalue weighted by Crippen LogP contribution is -2.29. The molecular formula is C18H23N3O3. The Morgan fingerprint density at radius 1 is 1.21 bits per heavy atom. The number of carbonyl (C=O) groups is 1. The maximum Gasteiger partial charge on any atom is 0.254 e. The van der Waals surface area contributed by atoms with Crippen LogP contribution < -0.4 is 10.9 Å². The van der Waals surface area contributed by atoms with E-state index in [9.17, 15) is 9.59 Å². The van der Waals surface area contributed by atoms with Crippen molar-refractivity contribution in [1.29, 1.82) is 0 Å². The van der Waals surface area contributed by atoms with Gasteiger partial charge in [0.05, 0.1) is 13.0 Å². The van der Waals surface area contributed by atoms with Gasteiger partial charge in [0, 0.05) is 24.4 Å². The van der Waals surface area contributed by atoms with Gasteiger partial charge in [-0.2, -0.15) is 0 Å². The van der Waals surface area contributed by atoms with E-state index in [-0.39, 0.29) is 17.9 Å². The summed E-state index contributed by atoms with van der Waals surface area (Å²) in [5.41, 5.74) is 2.84. The molecule has 2 aromatic rings. The molecule has 0 aliphatic carbocycles. The molecule has 0 saturated heterocycles. The number of benzene rings is 1. The first-order valence-electron chi connectivity index (χ1n) is 7.98. The molecular weight excluding hydrogens is 306 g/mol. The van der Waals surface area contributed by atoms with Crippen molar-refractivity contribution in [2.24, 2.45) is 0 Å². The van der Waals surface area contributed by atoms with E-state index in [1.807, 2.05) is 31.2 Å². The maximum absolute atomic E-state index is 12.1. The third-order valence-corrected chi connectivity index (χ3v) is 3.66. The number of rotatable bonds is 7. The molecule has 0 bridgehead atoms. The monoisotopic (exact) mass is 329 g/mol. The number of carbonyl (C=O) groups excluding carboxylic acids is 1. The number of amides is 1. The molecule has 0 unspecified atom stereocenters. The van der Waals surface area contributed by atoms with Crippen LogP contribution >= 0.6 is 0 Å². The number of aromatic nitrogens is 2. The zero-order chi connectivity index (χ0) is 17.5. The Hall–Kier alpha value is -2.47. The average molecular weight is 329 g/mol. The minimum absolute atomic E-state index is 0.0247. The van der Waals surface area contributed by atoms with Crippen molar-refractivity contribution in [3.63, 3.8) is 0 Å². The van der Waals surface area contributed by atoms with E-state index >= 15 is 0 Å². The number of nitrogens with zero attached hydrogens (tertiary/aromatic N) is 1. The van der Waals surface area contributed by atoms with Gasteiger partial charge >= 0.3 is 0 Å². The smallest absolute Gasteiger partial charge is 0.254 e. The van der Waals surface area contributed by atoms with Crippen molar-refractivity contribution in [3.8, 4) is 0 Å². The highest BCUT2D eigenvalue weighted by Gasteiger charge is 2.11. The highest BCUT2D eigenvalue weighted by atomic mass is 16.5. The van der Waals surface area contributed by atoms with Crippen molar-refractivity contribution in [2.45, 2.75) is 40.3 Å². The molecule has 0 radical (unpaired) electrons. The number of H-pyrrole nitrogens is 1. The highest BCUT2D eigenvalue weighted by molar-refractivity contribution is 5.78. The fourth-order valence-electron chi connectivity index (χ4n) is 2.36. The van der Waals surface area contributed by atoms with E-state index in [1.54, 1.807) is 13.8 Å². The maximum atomic E-state index is 12.1. The van der Waals surface area contributed by atoms with Crippen molar-refractivity contribution in [3.05, 3.63) is 62.8 Å². The molecule has 0 atom stereocenters. The molecule has 1 aromatic heterocycles. The van der Waals surface area contributed by atoms with Crippen molar-refractivity contribution in [2.75, 3.05) is 6.61 Å². The zero-order valence-electron chi connectivity index (χ0n) is 14.3. The van der Waals surface area contributed by atoms with E-state index in [4.69, 9.17) is 4.74 Å².